The van der Waals surface area contributed by atoms with Crippen LogP contribution in [0.4, 0.5) is 0 Å². The average Bonchev–Trinajstić information content (AvgIpc) is 3.23. The summed E-state index contributed by atoms with van der Waals surface area (Å²) in [5, 5.41) is 11.6. The molecule has 0 unspecified atom stereocenters. The van der Waals surface area contributed by atoms with Crippen LogP contribution in [0, 0.1) is 6.92 Å². The lowest BCUT2D eigenvalue weighted by atomic mass is 10.2. The first-order valence-corrected chi connectivity index (χ1v) is 8.69. The Morgan fingerprint density at radius 1 is 1.29 bits per heavy atom. The zero-order chi connectivity index (χ0) is 16.9. The second-order valence-corrected chi connectivity index (χ2v) is 6.38. The molecule has 2 heterocycles. The molecular formula is C17H19N5OS. The van der Waals surface area contributed by atoms with Gasteiger partial charge in [0.15, 0.2) is 5.01 Å². The van der Waals surface area contributed by atoms with E-state index >= 15 is 0 Å². The van der Waals surface area contributed by atoms with Crippen LogP contribution in [-0.2, 0) is 13.0 Å². The highest BCUT2D eigenvalue weighted by atomic mass is 32.1. The van der Waals surface area contributed by atoms with Crippen molar-refractivity contribution in [3.63, 3.8) is 0 Å². The third-order valence-corrected chi connectivity index (χ3v) is 4.83. The normalized spacial score (nSPS) is 10.8. The lowest BCUT2D eigenvalue weighted by Crippen LogP contribution is -2.27. The number of aryl methyl sites for hydroxylation is 1. The van der Waals surface area contributed by atoms with Crippen LogP contribution in [0.15, 0.2) is 36.5 Å². The standard InChI is InChI=1S/C17H19N5OS/c1-3-14-12(2)22(21-20-14)10-9-18-16(23)17-19-11-15(24-17)13-7-5-4-6-8-13/h4-8,11H,3,9-10H2,1-2H3,(H,18,23). The minimum Gasteiger partial charge on any atom is -0.348 e. The Labute approximate surface area is 144 Å². The van der Waals surface area contributed by atoms with Crippen LogP contribution >= 0.6 is 11.3 Å². The summed E-state index contributed by atoms with van der Waals surface area (Å²) in [6, 6.07) is 9.93. The van der Waals surface area contributed by atoms with Gasteiger partial charge in [-0.3, -0.25) is 4.79 Å². The first-order chi connectivity index (χ1) is 11.7. The molecule has 0 saturated carbocycles. The number of carbonyl (C=O) groups is 1. The van der Waals surface area contributed by atoms with E-state index in [2.05, 4.69) is 27.5 Å². The molecule has 7 heteroatoms. The summed E-state index contributed by atoms with van der Waals surface area (Å²) in [7, 11) is 0. The summed E-state index contributed by atoms with van der Waals surface area (Å²) in [6.45, 7) is 5.14. The first kappa shape index (κ1) is 16.3. The maximum absolute atomic E-state index is 12.2. The number of hydrogen-bond donors (Lipinski definition) is 1. The van der Waals surface area contributed by atoms with Gasteiger partial charge in [-0.05, 0) is 18.9 Å². The fourth-order valence-electron chi connectivity index (χ4n) is 2.40. The maximum Gasteiger partial charge on any atom is 0.280 e. The van der Waals surface area contributed by atoms with E-state index in [4.69, 9.17) is 0 Å². The topological polar surface area (TPSA) is 72.7 Å². The predicted octanol–water partition coefficient (Wildman–Crippen LogP) is 2.70. The molecule has 1 N–H and O–H groups in total. The molecule has 0 atom stereocenters. The molecule has 0 aliphatic heterocycles. The zero-order valence-corrected chi connectivity index (χ0v) is 14.5. The van der Waals surface area contributed by atoms with Gasteiger partial charge in [-0.1, -0.05) is 42.5 Å². The van der Waals surface area contributed by atoms with Crippen molar-refractivity contribution in [3.05, 3.63) is 52.9 Å². The molecule has 1 aromatic carbocycles. The van der Waals surface area contributed by atoms with Gasteiger partial charge in [-0.15, -0.1) is 16.4 Å². The maximum atomic E-state index is 12.2. The summed E-state index contributed by atoms with van der Waals surface area (Å²) in [4.78, 5) is 17.4. The van der Waals surface area contributed by atoms with Crippen molar-refractivity contribution in [2.75, 3.05) is 6.54 Å². The van der Waals surface area contributed by atoms with Crippen LogP contribution < -0.4 is 5.32 Å². The van der Waals surface area contributed by atoms with E-state index in [0.717, 1.165) is 28.2 Å². The molecule has 0 radical (unpaired) electrons. The molecule has 124 valence electrons. The van der Waals surface area contributed by atoms with Crippen molar-refractivity contribution in [2.45, 2.75) is 26.8 Å². The molecular weight excluding hydrogens is 322 g/mol. The van der Waals surface area contributed by atoms with Gasteiger partial charge in [-0.25, -0.2) is 9.67 Å². The van der Waals surface area contributed by atoms with E-state index in [1.165, 1.54) is 11.3 Å². The van der Waals surface area contributed by atoms with Gasteiger partial charge in [-0.2, -0.15) is 0 Å². The Kier molecular flexibility index (Phi) is 5.00. The molecule has 0 fully saturated rings. The van der Waals surface area contributed by atoms with Gasteiger partial charge in [0.05, 0.1) is 22.8 Å². The highest BCUT2D eigenvalue weighted by Crippen LogP contribution is 2.25. The van der Waals surface area contributed by atoms with Crippen LogP contribution in [-0.4, -0.2) is 32.4 Å². The van der Waals surface area contributed by atoms with Crippen LogP contribution in [0.5, 0.6) is 0 Å². The number of aromatic nitrogens is 4. The summed E-state index contributed by atoms with van der Waals surface area (Å²) < 4.78 is 1.82. The minimum absolute atomic E-state index is 0.157. The molecule has 3 rings (SSSR count). The van der Waals surface area contributed by atoms with E-state index in [1.807, 2.05) is 41.9 Å². The third-order valence-electron chi connectivity index (χ3n) is 3.78. The van der Waals surface area contributed by atoms with E-state index in [-0.39, 0.29) is 5.91 Å². The quantitative estimate of drug-likeness (QED) is 0.748. The zero-order valence-electron chi connectivity index (χ0n) is 13.7. The number of nitrogens with zero attached hydrogens (tertiary/aromatic N) is 4. The molecule has 0 saturated heterocycles. The SMILES string of the molecule is CCc1nnn(CCNC(=O)c2ncc(-c3ccccc3)s2)c1C. The predicted molar refractivity (Wildman–Crippen MR) is 94.0 cm³/mol. The number of thiazole rings is 1. The highest BCUT2D eigenvalue weighted by Gasteiger charge is 2.12. The van der Waals surface area contributed by atoms with Crippen LogP contribution in [0.1, 0.15) is 28.1 Å². The first-order valence-electron chi connectivity index (χ1n) is 7.87. The number of hydrogen-bond acceptors (Lipinski definition) is 5. The lowest BCUT2D eigenvalue weighted by molar-refractivity contribution is 0.0951. The Morgan fingerprint density at radius 3 is 2.79 bits per heavy atom. The van der Waals surface area contributed by atoms with E-state index < -0.39 is 0 Å². The van der Waals surface area contributed by atoms with Crippen LogP contribution in [0.2, 0.25) is 0 Å². The second kappa shape index (κ2) is 7.35. The Morgan fingerprint density at radius 2 is 2.08 bits per heavy atom. The summed E-state index contributed by atoms with van der Waals surface area (Å²) >= 11 is 1.39. The molecule has 2 aromatic heterocycles. The fraction of sp³-hybridized carbons (Fsp3) is 0.294. The van der Waals surface area contributed by atoms with Gasteiger partial charge >= 0.3 is 0 Å². The molecule has 0 spiro atoms. The average molecular weight is 341 g/mol. The van der Waals surface area contributed by atoms with Crippen LogP contribution in [0.3, 0.4) is 0 Å². The Hall–Kier alpha value is -2.54. The highest BCUT2D eigenvalue weighted by molar-refractivity contribution is 7.16. The fourth-order valence-corrected chi connectivity index (χ4v) is 3.24. The summed E-state index contributed by atoms with van der Waals surface area (Å²) in [5.74, 6) is -0.157. The van der Waals surface area contributed by atoms with Crippen molar-refractivity contribution in [3.8, 4) is 10.4 Å². The monoisotopic (exact) mass is 341 g/mol. The van der Waals surface area contributed by atoms with Crippen molar-refractivity contribution >= 4 is 17.2 Å². The van der Waals surface area contributed by atoms with Crippen LogP contribution in [0.25, 0.3) is 10.4 Å². The molecule has 0 aliphatic rings. The van der Waals surface area contributed by atoms with Crippen molar-refractivity contribution in [2.24, 2.45) is 0 Å². The van der Waals surface area contributed by atoms with Gasteiger partial charge < -0.3 is 5.32 Å². The molecule has 3 aromatic rings. The minimum atomic E-state index is -0.157. The van der Waals surface area contributed by atoms with E-state index in [9.17, 15) is 4.79 Å². The smallest absolute Gasteiger partial charge is 0.280 e. The van der Waals surface area contributed by atoms with Crippen molar-refractivity contribution < 1.29 is 4.79 Å². The molecule has 1 amide bonds. The Bertz CT molecular complexity index is 825. The van der Waals surface area contributed by atoms with Gasteiger partial charge in [0.2, 0.25) is 0 Å². The second-order valence-electron chi connectivity index (χ2n) is 5.35. The third kappa shape index (κ3) is 3.51. The van der Waals surface area contributed by atoms with Gasteiger partial charge in [0, 0.05) is 12.7 Å². The largest absolute Gasteiger partial charge is 0.348 e. The van der Waals surface area contributed by atoms with Crippen molar-refractivity contribution in [1.82, 2.24) is 25.3 Å². The van der Waals surface area contributed by atoms with Gasteiger partial charge in [0.25, 0.3) is 5.91 Å². The Balaban J connectivity index is 1.57. The molecule has 24 heavy (non-hydrogen) atoms. The van der Waals surface area contributed by atoms with Crippen molar-refractivity contribution in [1.29, 1.82) is 0 Å². The summed E-state index contributed by atoms with van der Waals surface area (Å²) in [5.41, 5.74) is 3.11. The molecule has 6 nitrogen and oxygen atoms in total. The van der Waals surface area contributed by atoms with E-state index in [1.54, 1.807) is 6.20 Å². The van der Waals surface area contributed by atoms with E-state index in [0.29, 0.717) is 18.1 Å². The summed E-state index contributed by atoms with van der Waals surface area (Å²) in [6.07, 6.45) is 2.60. The lowest BCUT2D eigenvalue weighted by Gasteiger charge is -2.05. The number of amides is 1. The number of carbonyl (C=O) groups excluding carboxylic acids is 1. The number of rotatable bonds is 6. The number of benzene rings is 1. The number of nitrogens with one attached hydrogen (secondary N) is 1. The molecule has 0 bridgehead atoms. The van der Waals surface area contributed by atoms with Gasteiger partial charge in [0.1, 0.15) is 0 Å². The molecule has 0 aliphatic carbocycles.